The SMILES string of the molecule is Cc1ccc(Cl)cc1-c1ccc(C2C(c3ccccn3)NC(=S)N2c2ccccc2)o1. The molecule has 1 fully saturated rings. The number of rotatable bonds is 4. The second kappa shape index (κ2) is 8.17. The molecule has 2 atom stereocenters. The van der Waals surface area contributed by atoms with E-state index in [0.717, 1.165) is 34.0 Å². The van der Waals surface area contributed by atoms with E-state index in [2.05, 4.69) is 15.2 Å². The largest absolute Gasteiger partial charge is 0.459 e. The maximum Gasteiger partial charge on any atom is 0.174 e. The first-order valence-corrected chi connectivity index (χ1v) is 10.8. The molecule has 0 amide bonds. The fraction of sp³-hybridized carbons (Fsp3) is 0.120. The maximum absolute atomic E-state index is 6.41. The van der Waals surface area contributed by atoms with Gasteiger partial charge in [0.1, 0.15) is 17.6 Å². The van der Waals surface area contributed by atoms with Crippen LogP contribution in [0.1, 0.15) is 29.1 Å². The van der Waals surface area contributed by atoms with Crippen LogP contribution in [0.15, 0.2) is 89.5 Å². The Hall–Kier alpha value is -3.15. The summed E-state index contributed by atoms with van der Waals surface area (Å²) in [5, 5.41) is 4.77. The van der Waals surface area contributed by atoms with Crippen molar-refractivity contribution in [2.45, 2.75) is 19.0 Å². The number of anilines is 1. The number of furan rings is 1. The van der Waals surface area contributed by atoms with Gasteiger partial charge in [-0.2, -0.15) is 0 Å². The van der Waals surface area contributed by atoms with Gasteiger partial charge in [-0.05, 0) is 73.2 Å². The zero-order valence-corrected chi connectivity index (χ0v) is 18.4. The minimum Gasteiger partial charge on any atom is -0.459 e. The van der Waals surface area contributed by atoms with Gasteiger partial charge in [0.25, 0.3) is 0 Å². The van der Waals surface area contributed by atoms with Gasteiger partial charge in [0.15, 0.2) is 5.11 Å². The number of para-hydroxylation sites is 1. The predicted octanol–water partition coefficient (Wildman–Crippen LogP) is 6.48. The lowest BCUT2D eigenvalue weighted by molar-refractivity contribution is 0.439. The van der Waals surface area contributed by atoms with E-state index in [4.69, 9.17) is 28.2 Å². The topological polar surface area (TPSA) is 41.3 Å². The van der Waals surface area contributed by atoms with E-state index in [9.17, 15) is 0 Å². The Morgan fingerprint density at radius 1 is 1.00 bits per heavy atom. The molecule has 154 valence electrons. The number of nitrogens with zero attached hydrogens (tertiary/aromatic N) is 2. The molecule has 2 unspecified atom stereocenters. The second-order valence-corrected chi connectivity index (χ2v) is 8.32. The summed E-state index contributed by atoms with van der Waals surface area (Å²) in [5.41, 5.74) is 3.99. The van der Waals surface area contributed by atoms with E-state index in [1.54, 1.807) is 6.20 Å². The van der Waals surface area contributed by atoms with Crippen molar-refractivity contribution in [1.82, 2.24) is 10.3 Å². The summed E-state index contributed by atoms with van der Waals surface area (Å²) in [7, 11) is 0. The fourth-order valence-corrected chi connectivity index (χ4v) is 4.54. The molecule has 0 radical (unpaired) electrons. The van der Waals surface area contributed by atoms with E-state index >= 15 is 0 Å². The van der Waals surface area contributed by atoms with Crippen molar-refractivity contribution in [2.24, 2.45) is 0 Å². The average Bonchev–Trinajstić information content (AvgIpc) is 3.41. The first-order chi connectivity index (χ1) is 15.1. The van der Waals surface area contributed by atoms with Crippen molar-refractivity contribution in [1.29, 1.82) is 0 Å². The normalized spacial score (nSPS) is 18.3. The minimum atomic E-state index is -0.182. The number of halogens is 1. The van der Waals surface area contributed by atoms with E-state index in [0.29, 0.717) is 10.1 Å². The highest BCUT2D eigenvalue weighted by Crippen LogP contribution is 2.43. The minimum absolute atomic E-state index is 0.145. The van der Waals surface area contributed by atoms with E-state index in [1.165, 1.54) is 0 Å². The van der Waals surface area contributed by atoms with Crippen LogP contribution in [0.2, 0.25) is 5.02 Å². The van der Waals surface area contributed by atoms with Crippen molar-refractivity contribution in [3.05, 3.63) is 107 Å². The van der Waals surface area contributed by atoms with Gasteiger partial charge in [-0.15, -0.1) is 0 Å². The summed E-state index contributed by atoms with van der Waals surface area (Å²) in [6.07, 6.45) is 1.80. The van der Waals surface area contributed by atoms with Crippen molar-refractivity contribution in [2.75, 3.05) is 4.90 Å². The van der Waals surface area contributed by atoms with Gasteiger partial charge in [-0.1, -0.05) is 41.9 Å². The molecule has 1 aliphatic rings. The first kappa shape index (κ1) is 19.8. The third-order valence-electron chi connectivity index (χ3n) is 5.52. The molecule has 1 saturated heterocycles. The van der Waals surface area contributed by atoms with Gasteiger partial charge in [0.2, 0.25) is 0 Å². The summed E-state index contributed by atoms with van der Waals surface area (Å²) >= 11 is 12.0. The van der Waals surface area contributed by atoms with Crippen LogP contribution in [-0.4, -0.2) is 10.1 Å². The van der Waals surface area contributed by atoms with Crippen LogP contribution in [0.3, 0.4) is 0 Å². The van der Waals surface area contributed by atoms with Crippen LogP contribution in [0.5, 0.6) is 0 Å². The monoisotopic (exact) mass is 445 g/mol. The van der Waals surface area contributed by atoms with E-state index in [1.807, 2.05) is 85.8 Å². The molecule has 4 nitrogen and oxygen atoms in total. The Morgan fingerprint density at radius 3 is 2.58 bits per heavy atom. The fourth-order valence-electron chi connectivity index (χ4n) is 4.03. The number of nitrogens with one attached hydrogen (secondary N) is 1. The van der Waals surface area contributed by atoms with Crippen molar-refractivity contribution in [3.63, 3.8) is 0 Å². The zero-order valence-electron chi connectivity index (χ0n) is 16.8. The first-order valence-electron chi connectivity index (χ1n) is 10.0. The Labute approximate surface area is 191 Å². The van der Waals surface area contributed by atoms with Crippen molar-refractivity contribution < 1.29 is 4.42 Å². The molecule has 0 spiro atoms. The molecule has 3 heterocycles. The second-order valence-electron chi connectivity index (χ2n) is 7.49. The zero-order chi connectivity index (χ0) is 21.4. The maximum atomic E-state index is 6.41. The Morgan fingerprint density at radius 2 is 1.81 bits per heavy atom. The molecule has 0 bridgehead atoms. The summed E-state index contributed by atoms with van der Waals surface area (Å²) in [4.78, 5) is 6.68. The summed E-state index contributed by atoms with van der Waals surface area (Å²) in [6.45, 7) is 2.05. The Kier molecular flexibility index (Phi) is 5.22. The Bertz CT molecular complexity index is 1230. The molecule has 0 saturated carbocycles. The van der Waals surface area contributed by atoms with Crippen molar-refractivity contribution in [3.8, 4) is 11.3 Å². The molecular weight excluding hydrogens is 426 g/mol. The lowest BCUT2D eigenvalue weighted by Crippen LogP contribution is -2.29. The summed E-state index contributed by atoms with van der Waals surface area (Å²) < 4.78 is 6.41. The van der Waals surface area contributed by atoms with Gasteiger partial charge in [0, 0.05) is 22.5 Å². The predicted molar refractivity (Wildman–Crippen MR) is 128 cm³/mol. The third kappa shape index (κ3) is 3.71. The standard InChI is InChI=1S/C25H20ClN3OS/c1-16-10-11-17(26)15-19(16)21-12-13-22(30-21)24-23(20-9-5-6-14-27-20)28-25(31)29(24)18-7-3-2-4-8-18/h2-15,23-24H,1H3,(H,28,31). The number of aryl methyl sites for hydroxylation is 1. The van der Waals surface area contributed by atoms with Gasteiger partial charge in [-0.25, -0.2) is 0 Å². The van der Waals surface area contributed by atoms with E-state index < -0.39 is 0 Å². The van der Waals surface area contributed by atoms with Crippen LogP contribution in [-0.2, 0) is 0 Å². The summed E-state index contributed by atoms with van der Waals surface area (Å²) in [6, 6.07) is 25.5. The van der Waals surface area contributed by atoms with Gasteiger partial charge >= 0.3 is 0 Å². The van der Waals surface area contributed by atoms with Crippen LogP contribution >= 0.6 is 23.8 Å². The molecule has 0 aliphatic carbocycles. The van der Waals surface area contributed by atoms with Gasteiger partial charge in [0.05, 0.1) is 11.7 Å². The van der Waals surface area contributed by atoms with Crippen LogP contribution < -0.4 is 10.2 Å². The lowest BCUT2D eigenvalue weighted by Gasteiger charge is -2.26. The molecule has 31 heavy (non-hydrogen) atoms. The summed E-state index contributed by atoms with van der Waals surface area (Å²) in [5.74, 6) is 1.59. The Balaban J connectivity index is 1.61. The smallest absolute Gasteiger partial charge is 0.174 e. The quantitative estimate of drug-likeness (QED) is 0.364. The molecule has 6 heteroatoms. The lowest BCUT2D eigenvalue weighted by atomic mass is 10.0. The highest BCUT2D eigenvalue weighted by Gasteiger charge is 2.42. The molecule has 5 rings (SSSR count). The number of thiocarbonyl (C=S) groups is 1. The third-order valence-corrected chi connectivity index (χ3v) is 6.07. The number of pyridine rings is 1. The van der Waals surface area contributed by atoms with Gasteiger partial charge < -0.3 is 14.6 Å². The molecular formula is C25H20ClN3OS. The van der Waals surface area contributed by atoms with E-state index in [-0.39, 0.29) is 12.1 Å². The number of hydrogen-bond donors (Lipinski definition) is 1. The molecule has 2 aromatic carbocycles. The number of aromatic nitrogens is 1. The molecule has 4 aromatic rings. The average molecular weight is 446 g/mol. The highest BCUT2D eigenvalue weighted by atomic mass is 35.5. The van der Waals surface area contributed by atoms with Crippen LogP contribution in [0, 0.1) is 6.92 Å². The number of benzene rings is 2. The van der Waals surface area contributed by atoms with Gasteiger partial charge in [-0.3, -0.25) is 4.98 Å². The highest BCUT2D eigenvalue weighted by molar-refractivity contribution is 7.80. The molecule has 1 N–H and O–H groups in total. The molecule has 1 aliphatic heterocycles. The van der Waals surface area contributed by atoms with Crippen LogP contribution in [0.25, 0.3) is 11.3 Å². The van der Waals surface area contributed by atoms with Crippen LogP contribution in [0.4, 0.5) is 5.69 Å². The van der Waals surface area contributed by atoms with Crippen molar-refractivity contribution >= 4 is 34.6 Å². The number of hydrogen-bond acceptors (Lipinski definition) is 3. The molecule has 2 aromatic heterocycles.